The van der Waals surface area contributed by atoms with Crippen molar-refractivity contribution in [2.75, 3.05) is 20.1 Å². The second-order valence-corrected chi connectivity index (χ2v) is 12.2. The average Bonchev–Trinajstić information content (AvgIpc) is 3.41. The fourth-order valence-corrected chi connectivity index (χ4v) is 5.63. The summed E-state index contributed by atoms with van der Waals surface area (Å²) in [4.78, 5) is 39.0. The smallest absolute Gasteiger partial charge is 0.410 e. The Morgan fingerprint density at radius 2 is 1.93 bits per heavy atom. The molecule has 210 valence electrons. The second kappa shape index (κ2) is 9.62. The Hall–Kier alpha value is -3.92. The van der Waals surface area contributed by atoms with Crippen molar-refractivity contribution in [3.05, 3.63) is 48.2 Å². The third-order valence-corrected chi connectivity index (χ3v) is 7.95. The lowest BCUT2D eigenvalue weighted by molar-refractivity contribution is 0.0278. The maximum absolute atomic E-state index is 13.6. The summed E-state index contributed by atoms with van der Waals surface area (Å²) < 4.78 is 9.87. The summed E-state index contributed by atoms with van der Waals surface area (Å²) in [6, 6.07) is 11.1. The highest BCUT2D eigenvalue weighted by Gasteiger charge is 2.39. The van der Waals surface area contributed by atoms with Gasteiger partial charge in [0.1, 0.15) is 11.2 Å². The first kappa shape index (κ1) is 26.3. The molecule has 0 bridgehead atoms. The number of fused-ring (bicyclic) bond motifs is 2. The van der Waals surface area contributed by atoms with Gasteiger partial charge in [-0.25, -0.2) is 14.8 Å². The van der Waals surface area contributed by atoms with Gasteiger partial charge in [0.05, 0.1) is 22.8 Å². The van der Waals surface area contributed by atoms with Crippen molar-refractivity contribution in [3.8, 4) is 11.5 Å². The Kier molecular flexibility index (Phi) is 6.33. The van der Waals surface area contributed by atoms with Gasteiger partial charge in [-0.3, -0.25) is 4.79 Å². The van der Waals surface area contributed by atoms with Crippen molar-refractivity contribution in [2.24, 2.45) is 18.7 Å². The number of nitrogens with two attached hydrogens (primary N) is 1. The van der Waals surface area contributed by atoms with E-state index in [-0.39, 0.29) is 18.0 Å². The lowest BCUT2D eigenvalue weighted by atomic mass is 10.1. The molecule has 4 heterocycles. The van der Waals surface area contributed by atoms with E-state index in [1.807, 2.05) is 58.3 Å². The third kappa shape index (κ3) is 4.81. The zero-order valence-electron chi connectivity index (χ0n) is 23.8. The van der Waals surface area contributed by atoms with Gasteiger partial charge in [-0.1, -0.05) is 0 Å². The van der Waals surface area contributed by atoms with Gasteiger partial charge < -0.3 is 29.4 Å². The number of carbonyl (C=O) groups is 2. The monoisotopic (exact) mass is 543 g/mol. The van der Waals surface area contributed by atoms with Crippen LogP contribution in [-0.2, 0) is 18.3 Å². The molecule has 1 aliphatic heterocycles. The molecule has 2 N–H and O–H groups in total. The van der Waals surface area contributed by atoms with Crippen LogP contribution < -0.4 is 5.73 Å². The average molecular weight is 544 g/mol. The molecular formula is C30H37N7O3. The van der Waals surface area contributed by atoms with Crippen LogP contribution in [0.15, 0.2) is 42.6 Å². The van der Waals surface area contributed by atoms with Crippen LogP contribution in [0.4, 0.5) is 4.79 Å². The number of pyridine rings is 1. The molecular weight excluding hydrogens is 506 g/mol. The molecule has 1 aromatic carbocycles. The van der Waals surface area contributed by atoms with Crippen molar-refractivity contribution in [1.82, 2.24) is 28.9 Å². The Bertz CT molecular complexity index is 1610. The van der Waals surface area contributed by atoms with E-state index in [1.165, 1.54) is 12.8 Å². The van der Waals surface area contributed by atoms with Gasteiger partial charge in [0.2, 0.25) is 0 Å². The van der Waals surface area contributed by atoms with Crippen molar-refractivity contribution in [2.45, 2.75) is 57.8 Å². The predicted octanol–water partition coefficient (Wildman–Crippen LogP) is 4.02. The molecule has 10 heteroatoms. The molecule has 2 amide bonds. The minimum atomic E-state index is -0.597. The molecule has 0 spiro atoms. The number of likely N-dealkylation sites (tertiary alicyclic amines) is 1. The zero-order valence-corrected chi connectivity index (χ0v) is 23.8. The topological polar surface area (TPSA) is 112 Å². The van der Waals surface area contributed by atoms with Gasteiger partial charge in [0.15, 0.2) is 5.82 Å². The maximum Gasteiger partial charge on any atom is 0.410 e. The standard InChI is InChI=1S/C30H37N7O3/c1-30(2,3)40-29(39)36-16-21(31)25(17-36)35(5)28(38)20-10-11-23-22(13-20)33-27(34(23)4)24-14-19-7-6-12-32-26(19)37(24)15-18-8-9-18/h6-7,10-14,18,21,25H,8-9,15-17,31H2,1-5H3/t21-,25-/m0/s1. The van der Waals surface area contributed by atoms with Crippen LogP contribution in [0.25, 0.3) is 33.6 Å². The highest BCUT2D eigenvalue weighted by atomic mass is 16.6. The van der Waals surface area contributed by atoms with Crippen molar-refractivity contribution < 1.29 is 14.3 Å². The van der Waals surface area contributed by atoms with Crippen LogP contribution in [0.1, 0.15) is 44.0 Å². The van der Waals surface area contributed by atoms with Crippen LogP contribution in [0.5, 0.6) is 0 Å². The molecule has 2 aliphatic rings. The minimum absolute atomic E-state index is 0.160. The quantitative estimate of drug-likeness (QED) is 0.407. The van der Waals surface area contributed by atoms with E-state index in [4.69, 9.17) is 15.5 Å². The first-order chi connectivity index (χ1) is 19.0. The van der Waals surface area contributed by atoms with Crippen LogP contribution in [0, 0.1) is 5.92 Å². The van der Waals surface area contributed by atoms with Crippen LogP contribution in [0.3, 0.4) is 0 Å². The van der Waals surface area contributed by atoms with Gasteiger partial charge >= 0.3 is 6.09 Å². The summed E-state index contributed by atoms with van der Waals surface area (Å²) in [5, 5.41) is 1.09. The van der Waals surface area contributed by atoms with Gasteiger partial charge in [0, 0.05) is 56.9 Å². The molecule has 0 unspecified atom stereocenters. The van der Waals surface area contributed by atoms with Crippen LogP contribution >= 0.6 is 0 Å². The van der Waals surface area contributed by atoms with E-state index >= 15 is 0 Å². The van der Waals surface area contributed by atoms with Gasteiger partial charge in [-0.2, -0.15) is 0 Å². The van der Waals surface area contributed by atoms with Crippen molar-refractivity contribution >= 4 is 34.1 Å². The highest BCUT2D eigenvalue weighted by Crippen LogP contribution is 2.36. The number of imidazole rings is 1. The summed E-state index contributed by atoms with van der Waals surface area (Å²) in [6.45, 7) is 7.08. The fraction of sp³-hybridized carbons (Fsp3) is 0.467. The Morgan fingerprint density at radius 1 is 1.15 bits per heavy atom. The van der Waals surface area contributed by atoms with Gasteiger partial charge in [-0.05, 0) is 75.9 Å². The molecule has 6 rings (SSSR count). The van der Waals surface area contributed by atoms with Crippen molar-refractivity contribution in [3.63, 3.8) is 0 Å². The zero-order chi connectivity index (χ0) is 28.3. The number of hydrogen-bond donors (Lipinski definition) is 1. The molecule has 1 aliphatic carbocycles. The summed E-state index contributed by atoms with van der Waals surface area (Å²) >= 11 is 0. The number of ether oxygens (including phenoxy) is 1. The van der Waals surface area contributed by atoms with E-state index in [0.29, 0.717) is 24.6 Å². The summed E-state index contributed by atoms with van der Waals surface area (Å²) in [5.41, 5.74) is 10.0. The SMILES string of the molecule is CN(C(=O)c1ccc2c(c1)nc(-c1cc3cccnc3n1CC1CC1)n2C)[C@H]1CN(C(=O)OC(C)(C)C)C[C@@H]1N. The molecule has 4 aromatic rings. The molecule has 3 aromatic heterocycles. The number of aromatic nitrogens is 4. The summed E-state index contributed by atoms with van der Waals surface area (Å²) in [6.07, 6.45) is 3.91. The number of likely N-dealkylation sites (N-methyl/N-ethyl adjacent to an activating group) is 1. The minimum Gasteiger partial charge on any atom is -0.444 e. The van der Waals surface area contributed by atoms with Crippen LogP contribution in [-0.4, -0.2) is 78.7 Å². The van der Waals surface area contributed by atoms with E-state index in [9.17, 15) is 9.59 Å². The predicted molar refractivity (Wildman–Crippen MR) is 154 cm³/mol. The molecule has 0 radical (unpaired) electrons. The second-order valence-electron chi connectivity index (χ2n) is 12.2. The third-order valence-electron chi connectivity index (χ3n) is 7.95. The molecule has 2 atom stereocenters. The summed E-state index contributed by atoms with van der Waals surface area (Å²) in [7, 11) is 3.75. The molecule has 10 nitrogen and oxygen atoms in total. The number of benzene rings is 1. The van der Waals surface area contributed by atoms with Crippen LogP contribution in [0.2, 0.25) is 0 Å². The molecule has 1 saturated carbocycles. The normalized spacial score (nSPS) is 19.5. The number of aryl methyl sites for hydroxylation is 1. The number of amides is 2. The van der Waals surface area contributed by atoms with E-state index in [0.717, 1.165) is 40.1 Å². The van der Waals surface area contributed by atoms with Crippen molar-refractivity contribution in [1.29, 1.82) is 0 Å². The Labute approximate surface area is 233 Å². The highest BCUT2D eigenvalue weighted by molar-refractivity contribution is 5.98. The Balaban J connectivity index is 1.27. The number of hydrogen-bond acceptors (Lipinski definition) is 6. The first-order valence-electron chi connectivity index (χ1n) is 13.9. The lowest BCUT2D eigenvalue weighted by Crippen LogP contribution is -2.47. The number of nitrogens with zero attached hydrogens (tertiary/aromatic N) is 6. The summed E-state index contributed by atoms with van der Waals surface area (Å²) in [5.74, 6) is 1.36. The van der Waals surface area contributed by atoms with E-state index < -0.39 is 11.7 Å². The fourth-order valence-electron chi connectivity index (χ4n) is 5.63. The number of rotatable bonds is 5. The van der Waals surface area contributed by atoms with Gasteiger partial charge in [0.25, 0.3) is 5.91 Å². The molecule has 40 heavy (non-hydrogen) atoms. The van der Waals surface area contributed by atoms with E-state index in [2.05, 4.69) is 26.3 Å². The van der Waals surface area contributed by atoms with Gasteiger partial charge in [-0.15, -0.1) is 0 Å². The first-order valence-corrected chi connectivity index (χ1v) is 13.9. The largest absolute Gasteiger partial charge is 0.444 e. The Morgan fingerprint density at radius 3 is 2.65 bits per heavy atom. The maximum atomic E-state index is 13.6. The van der Waals surface area contributed by atoms with E-state index in [1.54, 1.807) is 16.8 Å². The molecule has 1 saturated heterocycles. The molecule has 2 fully saturated rings. The number of carbonyl (C=O) groups excluding carboxylic acids is 2. The lowest BCUT2D eigenvalue weighted by Gasteiger charge is -2.27.